The Morgan fingerprint density at radius 3 is 2.11 bits per heavy atom. The Morgan fingerprint density at radius 1 is 1.05 bits per heavy atom. The van der Waals surface area contributed by atoms with Gasteiger partial charge in [-0.3, -0.25) is 4.79 Å². The van der Waals surface area contributed by atoms with E-state index in [9.17, 15) is 18.0 Å². The summed E-state index contributed by atoms with van der Waals surface area (Å²) >= 11 is 0. The molecule has 0 N–H and O–H groups in total. The SMILES string of the molecule is C[C@@H]1C[C@H](C(F)(F)F)CN1C(=O)c1cc(C2CC2)c(OCC23CC4CC(CC(C4)C2)C3)cc1F.O=C=O. The van der Waals surface area contributed by atoms with Crippen LogP contribution in [-0.4, -0.2) is 42.3 Å². The van der Waals surface area contributed by atoms with Gasteiger partial charge in [-0.15, -0.1) is 0 Å². The van der Waals surface area contributed by atoms with Gasteiger partial charge < -0.3 is 9.64 Å². The number of hydrogen-bond acceptors (Lipinski definition) is 4. The Labute approximate surface area is 213 Å². The van der Waals surface area contributed by atoms with E-state index < -0.39 is 36.4 Å². The lowest BCUT2D eigenvalue weighted by Crippen LogP contribution is -2.48. The first-order chi connectivity index (χ1) is 17.5. The summed E-state index contributed by atoms with van der Waals surface area (Å²) < 4.78 is 61.2. The minimum Gasteiger partial charge on any atom is -0.493 e. The van der Waals surface area contributed by atoms with Crippen molar-refractivity contribution in [3.8, 4) is 5.75 Å². The molecule has 1 heterocycles. The first kappa shape index (κ1) is 26.2. The van der Waals surface area contributed by atoms with Crippen LogP contribution in [0.25, 0.3) is 0 Å². The fourth-order valence-corrected chi connectivity index (χ4v) is 7.98. The van der Waals surface area contributed by atoms with Gasteiger partial charge in [0.25, 0.3) is 5.91 Å². The molecule has 6 fully saturated rings. The minimum absolute atomic E-state index is 0.126. The van der Waals surface area contributed by atoms with Crippen LogP contribution in [0.5, 0.6) is 5.75 Å². The molecule has 1 amide bonds. The Hall–Kier alpha value is -2.41. The molecule has 2 atom stereocenters. The highest BCUT2D eigenvalue weighted by Crippen LogP contribution is 2.60. The number of alkyl halides is 3. The van der Waals surface area contributed by atoms with E-state index >= 15 is 4.39 Å². The zero-order chi connectivity index (χ0) is 26.5. The van der Waals surface area contributed by atoms with E-state index in [2.05, 4.69) is 0 Å². The number of benzene rings is 1. The minimum atomic E-state index is -4.35. The van der Waals surface area contributed by atoms with E-state index in [0.29, 0.717) is 12.4 Å². The molecule has 9 heteroatoms. The summed E-state index contributed by atoms with van der Waals surface area (Å²) in [4.78, 5) is 30.6. The fourth-order valence-electron chi connectivity index (χ4n) is 7.98. The Kier molecular flexibility index (Phi) is 6.88. The van der Waals surface area contributed by atoms with Crippen LogP contribution in [-0.2, 0) is 9.59 Å². The van der Waals surface area contributed by atoms with Gasteiger partial charge in [0, 0.05) is 24.1 Å². The molecular weight excluding hydrogens is 490 g/mol. The highest BCUT2D eigenvalue weighted by molar-refractivity contribution is 5.95. The van der Waals surface area contributed by atoms with Gasteiger partial charge in [0.1, 0.15) is 11.6 Å². The van der Waals surface area contributed by atoms with Gasteiger partial charge in [0.15, 0.2) is 0 Å². The van der Waals surface area contributed by atoms with Crippen molar-refractivity contribution in [3.63, 3.8) is 0 Å². The zero-order valence-electron chi connectivity index (χ0n) is 21.0. The second kappa shape index (κ2) is 9.72. The lowest BCUT2D eigenvalue weighted by molar-refractivity contribution is -0.191. The normalized spacial score (nSPS) is 34.1. The highest BCUT2D eigenvalue weighted by atomic mass is 19.4. The first-order valence-corrected chi connectivity index (χ1v) is 13.3. The summed E-state index contributed by atoms with van der Waals surface area (Å²) in [5, 5.41) is 0. The highest BCUT2D eigenvalue weighted by Gasteiger charge is 2.51. The molecule has 7 rings (SSSR count). The third-order valence-corrected chi connectivity index (χ3v) is 9.34. The van der Waals surface area contributed by atoms with E-state index in [4.69, 9.17) is 14.3 Å². The molecule has 5 saturated carbocycles. The smallest absolute Gasteiger partial charge is 0.393 e. The van der Waals surface area contributed by atoms with Crippen LogP contribution in [0, 0.1) is 34.9 Å². The monoisotopic (exact) mass is 523 g/mol. The summed E-state index contributed by atoms with van der Waals surface area (Å²) in [6.07, 6.45) is 5.32. The predicted octanol–water partition coefficient (Wildman–Crippen LogP) is 6.13. The molecule has 5 aliphatic carbocycles. The molecule has 5 nitrogen and oxygen atoms in total. The average molecular weight is 524 g/mol. The lowest BCUT2D eigenvalue weighted by atomic mass is 9.50. The van der Waals surface area contributed by atoms with E-state index in [0.717, 1.165) is 36.2 Å². The average Bonchev–Trinajstić information content (AvgIpc) is 3.57. The maximum Gasteiger partial charge on any atom is 0.393 e. The number of nitrogens with zero attached hydrogens (tertiary/aromatic N) is 1. The van der Waals surface area contributed by atoms with Gasteiger partial charge in [0.2, 0.25) is 0 Å². The summed E-state index contributed by atoms with van der Waals surface area (Å²) in [6.45, 7) is 1.79. The second-order valence-electron chi connectivity index (χ2n) is 12.2. The molecule has 4 bridgehead atoms. The zero-order valence-corrected chi connectivity index (χ0v) is 21.0. The molecule has 37 heavy (non-hydrogen) atoms. The van der Waals surface area contributed by atoms with E-state index in [-0.39, 0.29) is 29.5 Å². The molecule has 202 valence electrons. The van der Waals surface area contributed by atoms with Crippen LogP contribution in [0.3, 0.4) is 0 Å². The first-order valence-electron chi connectivity index (χ1n) is 13.3. The molecule has 0 unspecified atom stereocenters. The summed E-state index contributed by atoms with van der Waals surface area (Å²) in [5.41, 5.74) is 0.908. The Bertz CT molecular complexity index is 1040. The number of carbonyl (C=O) groups excluding carboxylic acids is 3. The van der Waals surface area contributed by atoms with Crippen LogP contribution < -0.4 is 4.74 Å². The number of ether oxygens (including phenoxy) is 1. The van der Waals surface area contributed by atoms with Gasteiger partial charge in [-0.2, -0.15) is 22.8 Å². The van der Waals surface area contributed by atoms with Gasteiger partial charge >= 0.3 is 12.3 Å². The lowest BCUT2D eigenvalue weighted by Gasteiger charge is -2.56. The fraction of sp³-hybridized carbons (Fsp3) is 0.714. The summed E-state index contributed by atoms with van der Waals surface area (Å²) in [5.74, 6) is 0.268. The van der Waals surface area contributed by atoms with Gasteiger partial charge in [-0.1, -0.05) is 0 Å². The van der Waals surface area contributed by atoms with Crippen molar-refractivity contribution in [2.75, 3.05) is 13.2 Å². The topological polar surface area (TPSA) is 63.7 Å². The van der Waals surface area contributed by atoms with Crippen molar-refractivity contribution in [2.45, 2.75) is 82.8 Å². The van der Waals surface area contributed by atoms with Crippen LogP contribution in [0.15, 0.2) is 12.1 Å². The molecule has 1 saturated heterocycles. The number of likely N-dealkylation sites (tertiary alicyclic amines) is 1. The number of hydrogen-bond donors (Lipinski definition) is 0. The molecule has 1 aromatic carbocycles. The molecule has 1 aliphatic heterocycles. The van der Waals surface area contributed by atoms with E-state index in [1.165, 1.54) is 49.5 Å². The number of carbonyl (C=O) groups is 1. The summed E-state index contributed by atoms with van der Waals surface area (Å²) in [6, 6.07) is 2.32. The molecule has 0 spiro atoms. The number of halogens is 4. The van der Waals surface area contributed by atoms with Gasteiger partial charge in [0.05, 0.1) is 18.1 Å². The van der Waals surface area contributed by atoms with Gasteiger partial charge in [-0.05, 0) is 100 Å². The molecular formula is C28H33F4NO4. The number of amides is 1. The number of rotatable bonds is 5. The standard InChI is InChI=1S/C27H33F4NO2.CO2/c1-15-4-20(27(29,30)31)13-32(15)25(33)22-8-21(19-2-3-19)24(9-23(22)28)34-14-26-10-16-5-17(11-26)7-18(6-16)12-26;2-1-3/h8-9,15-20H,2-7,10-14H2,1H3;/t15-,16?,17?,18?,20+,26?;/m1./s1. The van der Waals surface area contributed by atoms with Crippen LogP contribution in [0.1, 0.15) is 86.6 Å². The van der Waals surface area contributed by atoms with Crippen molar-refractivity contribution < 1.29 is 36.7 Å². The quantitative estimate of drug-likeness (QED) is 0.436. The summed E-state index contributed by atoms with van der Waals surface area (Å²) in [7, 11) is 0. The Morgan fingerprint density at radius 2 is 1.62 bits per heavy atom. The van der Waals surface area contributed by atoms with Crippen molar-refractivity contribution in [2.24, 2.45) is 29.1 Å². The predicted molar refractivity (Wildman–Crippen MR) is 124 cm³/mol. The van der Waals surface area contributed by atoms with Crippen molar-refractivity contribution >= 4 is 12.1 Å². The molecule has 6 aliphatic rings. The van der Waals surface area contributed by atoms with Crippen LogP contribution in [0.4, 0.5) is 17.6 Å². The van der Waals surface area contributed by atoms with Crippen molar-refractivity contribution in [1.82, 2.24) is 4.90 Å². The van der Waals surface area contributed by atoms with E-state index in [1.54, 1.807) is 13.0 Å². The van der Waals surface area contributed by atoms with Gasteiger partial charge in [-0.25, -0.2) is 4.39 Å². The van der Waals surface area contributed by atoms with E-state index in [1.807, 2.05) is 0 Å². The largest absolute Gasteiger partial charge is 0.493 e. The van der Waals surface area contributed by atoms with Crippen LogP contribution in [0.2, 0.25) is 0 Å². The maximum atomic E-state index is 15.2. The third-order valence-electron chi connectivity index (χ3n) is 9.34. The van der Waals surface area contributed by atoms with Crippen molar-refractivity contribution in [1.29, 1.82) is 0 Å². The second-order valence-corrected chi connectivity index (χ2v) is 12.2. The molecule has 0 radical (unpaired) electrons. The third kappa shape index (κ3) is 5.29. The Balaban J connectivity index is 0.000000892. The van der Waals surface area contributed by atoms with Crippen molar-refractivity contribution in [3.05, 3.63) is 29.1 Å². The van der Waals surface area contributed by atoms with Crippen LogP contribution >= 0.6 is 0 Å². The molecule has 0 aromatic heterocycles. The maximum absolute atomic E-state index is 15.2. The molecule has 1 aromatic rings.